The third kappa shape index (κ3) is 3.16. The van der Waals surface area contributed by atoms with Crippen LogP contribution in [-0.4, -0.2) is 25.8 Å². The number of benzene rings is 2. The van der Waals surface area contributed by atoms with Crippen LogP contribution in [0.15, 0.2) is 59.2 Å². The van der Waals surface area contributed by atoms with E-state index < -0.39 is 11.8 Å². The number of nitrogens with zero attached hydrogens (tertiary/aromatic N) is 3. The number of carboxylic acids is 1. The third-order valence-corrected chi connectivity index (χ3v) is 5.09. The summed E-state index contributed by atoms with van der Waals surface area (Å²) in [5, 5.41) is 13.5. The van der Waals surface area contributed by atoms with Crippen LogP contribution in [-0.2, 0) is 6.54 Å². The maximum absolute atomic E-state index is 14.6. The van der Waals surface area contributed by atoms with Gasteiger partial charge in [0.15, 0.2) is 0 Å². The fourth-order valence-electron chi connectivity index (χ4n) is 2.98. The number of aromatic carboxylic acids is 1. The van der Waals surface area contributed by atoms with Crippen LogP contribution in [0.25, 0.3) is 22.3 Å². The summed E-state index contributed by atoms with van der Waals surface area (Å²) in [4.78, 5) is 15.3. The first kappa shape index (κ1) is 18.2. The standard InChI is InChI=1S/C20H12BrF2N3O2/c21-14-3-1-4-15(22)13(14)10-26-17-5-2-8-24-19(17)18(25-26)12-7-6-11(20(27)28)9-16(12)23/h1-9H,10H2,(H,27,28). The first-order valence-electron chi connectivity index (χ1n) is 8.23. The molecule has 2 aromatic heterocycles. The summed E-state index contributed by atoms with van der Waals surface area (Å²) in [5.41, 5.74) is 1.68. The average Bonchev–Trinajstić information content (AvgIpc) is 3.03. The van der Waals surface area contributed by atoms with Crippen molar-refractivity contribution < 1.29 is 18.7 Å². The summed E-state index contributed by atoms with van der Waals surface area (Å²) in [6.07, 6.45) is 1.56. The maximum atomic E-state index is 14.6. The minimum Gasteiger partial charge on any atom is -0.478 e. The molecule has 2 aromatic carbocycles. The zero-order valence-electron chi connectivity index (χ0n) is 14.2. The van der Waals surface area contributed by atoms with Crippen LogP contribution in [0.3, 0.4) is 0 Å². The highest BCUT2D eigenvalue weighted by Crippen LogP contribution is 2.30. The SMILES string of the molecule is O=C(O)c1ccc(-c2nn(Cc3c(F)cccc3Br)c3cccnc23)c(F)c1. The van der Waals surface area contributed by atoms with Gasteiger partial charge in [-0.2, -0.15) is 5.10 Å². The van der Waals surface area contributed by atoms with Gasteiger partial charge in [0.1, 0.15) is 22.8 Å². The highest BCUT2D eigenvalue weighted by atomic mass is 79.9. The molecule has 5 nitrogen and oxygen atoms in total. The maximum Gasteiger partial charge on any atom is 0.335 e. The number of aromatic nitrogens is 3. The Labute approximate surface area is 166 Å². The Morgan fingerprint density at radius 2 is 1.93 bits per heavy atom. The minimum absolute atomic E-state index is 0.115. The Bertz CT molecular complexity index is 1200. The van der Waals surface area contributed by atoms with E-state index in [9.17, 15) is 13.6 Å². The van der Waals surface area contributed by atoms with E-state index in [0.29, 0.717) is 21.1 Å². The molecule has 0 fully saturated rings. The number of carbonyl (C=O) groups is 1. The molecular formula is C20H12BrF2N3O2. The van der Waals surface area contributed by atoms with E-state index in [1.165, 1.54) is 18.2 Å². The molecule has 8 heteroatoms. The van der Waals surface area contributed by atoms with Gasteiger partial charge >= 0.3 is 5.97 Å². The van der Waals surface area contributed by atoms with Crippen LogP contribution >= 0.6 is 15.9 Å². The van der Waals surface area contributed by atoms with E-state index in [2.05, 4.69) is 26.0 Å². The van der Waals surface area contributed by atoms with Crippen LogP contribution in [0.1, 0.15) is 15.9 Å². The van der Waals surface area contributed by atoms with Crippen molar-refractivity contribution in [3.63, 3.8) is 0 Å². The second kappa shape index (κ2) is 7.12. The van der Waals surface area contributed by atoms with Gasteiger partial charge in [0, 0.05) is 21.8 Å². The monoisotopic (exact) mass is 443 g/mol. The Balaban J connectivity index is 1.87. The normalized spacial score (nSPS) is 11.1. The predicted molar refractivity (Wildman–Crippen MR) is 103 cm³/mol. The first-order valence-corrected chi connectivity index (χ1v) is 9.02. The van der Waals surface area contributed by atoms with Gasteiger partial charge in [0.05, 0.1) is 17.6 Å². The molecule has 0 saturated carbocycles. The molecule has 0 radical (unpaired) electrons. The van der Waals surface area contributed by atoms with Crippen LogP contribution < -0.4 is 0 Å². The van der Waals surface area contributed by atoms with Gasteiger partial charge < -0.3 is 5.11 Å². The highest BCUT2D eigenvalue weighted by molar-refractivity contribution is 9.10. The summed E-state index contributed by atoms with van der Waals surface area (Å²) in [6.45, 7) is 0.115. The zero-order valence-corrected chi connectivity index (χ0v) is 15.8. The van der Waals surface area contributed by atoms with Crippen molar-refractivity contribution in [1.29, 1.82) is 0 Å². The van der Waals surface area contributed by atoms with Gasteiger partial charge in [0.25, 0.3) is 0 Å². The highest BCUT2D eigenvalue weighted by Gasteiger charge is 2.19. The van der Waals surface area contributed by atoms with Crippen molar-refractivity contribution in [2.45, 2.75) is 6.54 Å². The molecule has 4 aromatic rings. The van der Waals surface area contributed by atoms with Crippen molar-refractivity contribution >= 4 is 32.9 Å². The number of pyridine rings is 1. The lowest BCUT2D eigenvalue weighted by Gasteiger charge is -2.07. The molecule has 0 saturated heterocycles. The average molecular weight is 444 g/mol. The molecular weight excluding hydrogens is 432 g/mol. The third-order valence-electron chi connectivity index (χ3n) is 4.35. The Morgan fingerprint density at radius 1 is 1.11 bits per heavy atom. The fraction of sp³-hybridized carbons (Fsp3) is 0.0500. The molecule has 0 unspecified atom stereocenters. The summed E-state index contributed by atoms with van der Waals surface area (Å²) >= 11 is 3.34. The fourth-order valence-corrected chi connectivity index (χ4v) is 3.45. The Morgan fingerprint density at radius 3 is 2.64 bits per heavy atom. The molecule has 0 spiro atoms. The van der Waals surface area contributed by atoms with Gasteiger partial charge in [-0.25, -0.2) is 13.6 Å². The summed E-state index contributed by atoms with van der Waals surface area (Å²) < 4.78 is 31.0. The van der Waals surface area contributed by atoms with Crippen molar-refractivity contribution in [2.24, 2.45) is 0 Å². The molecule has 1 N–H and O–H groups in total. The molecule has 4 rings (SSSR count). The molecule has 0 aliphatic carbocycles. The quantitative estimate of drug-likeness (QED) is 0.487. The topological polar surface area (TPSA) is 68.0 Å². The number of fused-ring (bicyclic) bond motifs is 1. The van der Waals surface area contributed by atoms with Crippen molar-refractivity contribution in [1.82, 2.24) is 14.8 Å². The van der Waals surface area contributed by atoms with E-state index in [4.69, 9.17) is 5.11 Å². The van der Waals surface area contributed by atoms with Crippen LogP contribution in [0.5, 0.6) is 0 Å². The largest absolute Gasteiger partial charge is 0.478 e. The van der Waals surface area contributed by atoms with Crippen LogP contribution in [0.2, 0.25) is 0 Å². The van der Waals surface area contributed by atoms with Crippen molar-refractivity contribution in [3.8, 4) is 11.3 Å². The number of halogens is 3. The first-order chi connectivity index (χ1) is 13.5. The van der Waals surface area contributed by atoms with E-state index in [0.717, 1.165) is 6.07 Å². The van der Waals surface area contributed by atoms with Gasteiger partial charge in [-0.3, -0.25) is 9.67 Å². The molecule has 0 aliphatic heterocycles. The van der Waals surface area contributed by atoms with Gasteiger partial charge in [0.2, 0.25) is 0 Å². The predicted octanol–water partition coefficient (Wildman–Crippen LogP) is 4.89. The summed E-state index contributed by atoms with van der Waals surface area (Å²) in [6, 6.07) is 11.8. The van der Waals surface area contributed by atoms with Crippen LogP contribution in [0, 0.1) is 11.6 Å². The molecule has 0 bridgehead atoms. The number of hydrogen-bond donors (Lipinski definition) is 1. The molecule has 0 atom stereocenters. The molecule has 28 heavy (non-hydrogen) atoms. The van der Waals surface area contributed by atoms with E-state index in [1.54, 1.807) is 35.1 Å². The molecule has 0 aliphatic rings. The van der Waals surface area contributed by atoms with Crippen molar-refractivity contribution in [2.75, 3.05) is 0 Å². The number of hydrogen-bond acceptors (Lipinski definition) is 3. The lowest BCUT2D eigenvalue weighted by molar-refractivity contribution is 0.0696. The summed E-state index contributed by atoms with van der Waals surface area (Å²) in [7, 11) is 0. The second-order valence-corrected chi connectivity index (χ2v) is 6.93. The molecule has 0 amide bonds. The lowest BCUT2D eigenvalue weighted by Crippen LogP contribution is -2.05. The number of rotatable bonds is 4. The Hall–Kier alpha value is -3.13. The van der Waals surface area contributed by atoms with E-state index >= 15 is 0 Å². The molecule has 2 heterocycles. The second-order valence-electron chi connectivity index (χ2n) is 6.08. The van der Waals surface area contributed by atoms with Gasteiger partial charge in [-0.1, -0.05) is 22.0 Å². The summed E-state index contributed by atoms with van der Waals surface area (Å²) in [5.74, 6) is -2.33. The smallest absolute Gasteiger partial charge is 0.335 e. The van der Waals surface area contributed by atoms with E-state index in [1.807, 2.05) is 0 Å². The van der Waals surface area contributed by atoms with Gasteiger partial charge in [-0.15, -0.1) is 0 Å². The van der Waals surface area contributed by atoms with Gasteiger partial charge in [-0.05, 0) is 42.5 Å². The van der Waals surface area contributed by atoms with E-state index in [-0.39, 0.29) is 29.2 Å². The van der Waals surface area contributed by atoms with Crippen molar-refractivity contribution in [3.05, 3.63) is 82.0 Å². The Kier molecular flexibility index (Phi) is 4.64. The zero-order chi connectivity index (χ0) is 19.8. The van der Waals surface area contributed by atoms with Crippen LogP contribution in [0.4, 0.5) is 8.78 Å². The molecule has 140 valence electrons. The number of carboxylic acid groups (broad SMARTS) is 1. The minimum atomic E-state index is -1.22. The lowest BCUT2D eigenvalue weighted by atomic mass is 10.1.